The number of hydrogen-bond acceptors (Lipinski definition) is 11. The monoisotopic (exact) mass is 595 g/mol. The van der Waals surface area contributed by atoms with Gasteiger partial charge in [-0.3, -0.25) is 9.59 Å². The molecule has 0 aromatic heterocycles. The lowest BCUT2D eigenvalue weighted by molar-refractivity contribution is -0.167. The van der Waals surface area contributed by atoms with Gasteiger partial charge in [0.2, 0.25) is 0 Å². The minimum atomic E-state index is -1.08. The molecule has 1 aromatic carbocycles. The lowest BCUT2D eigenvalue weighted by Crippen LogP contribution is -2.39. The second-order valence-corrected chi connectivity index (χ2v) is 11.8. The van der Waals surface area contributed by atoms with Gasteiger partial charge in [-0.15, -0.1) is 0 Å². The molecular weight excluding hydrogens is 546 g/mol. The summed E-state index contributed by atoms with van der Waals surface area (Å²) in [5, 5.41) is 0. The van der Waals surface area contributed by atoms with Gasteiger partial charge < -0.3 is 34.2 Å². The minimum Gasteiger partial charge on any atom is -0.459 e. The minimum absolute atomic E-state index is 0.0135. The molecule has 0 aliphatic rings. The van der Waals surface area contributed by atoms with E-state index in [0.29, 0.717) is 18.4 Å². The molecule has 1 rings (SSSR count). The second-order valence-electron chi connectivity index (χ2n) is 11.8. The van der Waals surface area contributed by atoms with Gasteiger partial charge in [-0.25, -0.2) is 9.59 Å². The van der Waals surface area contributed by atoms with Crippen molar-refractivity contribution in [2.45, 2.75) is 131 Å². The maximum Gasteiger partial charge on any atom is 0.514 e. The highest BCUT2D eigenvalue weighted by Crippen LogP contribution is 2.30. The average molecular weight is 596 g/mol. The Morgan fingerprint density at radius 2 is 1.26 bits per heavy atom. The molecule has 2 N–H and O–H groups in total. The van der Waals surface area contributed by atoms with Crippen molar-refractivity contribution in [2.24, 2.45) is 11.1 Å². The molecule has 0 amide bonds. The van der Waals surface area contributed by atoms with Crippen LogP contribution in [0.2, 0.25) is 0 Å². The van der Waals surface area contributed by atoms with E-state index in [-0.39, 0.29) is 47.9 Å². The molecule has 5 atom stereocenters. The van der Waals surface area contributed by atoms with Crippen LogP contribution in [-0.2, 0) is 35.0 Å². The molecule has 2 unspecified atom stereocenters. The first-order valence-corrected chi connectivity index (χ1v) is 14.6. The van der Waals surface area contributed by atoms with Crippen LogP contribution in [0.15, 0.2) is 18.2 Å². The maximum absolute atomic E-state index is 12.7. The summed E-state index contributed by atoms with van der Waals surface area (Å²) in [6.45, 7) is 16.4. The zero-order valence-corrected chi connectivity index (χ0v) is 26.5. The molecule has 238 valence electrons. The third kappa shape index (κ3) is 14.5. The van der Waals surface area contributed by atoms with Gasteiger partial charge in [-0.05, 0) is 70.1 Å². The van der Waals surface area contributed by atoms with E-state index in [1.54, 1.807) is 33.8 Å². The molecule has 0 bridgehead atoms. The molecule has 0 radical (unpaired) electrons. The van der Waals surface area contributed by atoms with E-state index in [2.05, 4.69) is 0 Å². The van der Waals surface area contributed by atoms with Crippen molar-refractivity contribution in [1.82, 2.24) is 0 Å². The Hall–Kier alpha value is -3.34. The molecule has 0 aliphatic carbocycles. The normalized spacial score (nSPS) is 14.9. The van der Waals surface area contributed by atoms with E-state index >= 15 is 0 Å². The van der Waals surface area contributed by atoms with Crippen LogP contribution in [0.5, 0.6) is 11.5 Å². The molecule has 0 fully saturated rings. The van der Waals surface area contributed by atoms with Crippen LogP contribution in [0, 0.1) is 5.41 Å². The summed E-state index contributed by atoms with van der Waals surface area (Å²) in [6, 6.07) is 3.33. The average Bonchev–Trinajstić information content (AvgIpc) is 2.84. The predicted molar refractivity (Wildman–Crippen MR) is 156 cm³/mol. The topological polar surface area (TPSA) is 150 Å². The van der Waals surface area contributed by atoms with Crippen molar-refractivity contribution in [1.29, 1.82) is 0 Å². The fraction of sp³-hybridized carbons (Fsp3) is 0.677. The summed E-state index contributed by atoms with van der Waals surface area (Å²) >= 11 is 0. The van der Waals surface area contributed by atoms with E-state index in [4.69, 9.17) is 34.2 Å². The van der Waals surface area contributed by atoms with Gasteiger partial charge in [0.15, 0.2) is 11.5 Å². The van der Waals surface area contributed by atoms with E-state index in [1.807, 2.05) is 34.6 Å². The van der Waals surface area contributed by atoms with E-state index in [1.165, 1.54) is 12.1 Å². The lowest BCUT2D eigenvalue weighted by Gasteiger charge is -2.24. The van der Waals surface area contributed by atoms with Gasteiger partial charge in [0.05, 0.1) is 6.42 Å². The summed E-state index contributed by atoms with van der Waals surface area (Å²) in [4.78, 5) is 49.6. The van der Waals surface area contributed by atoms with Crippen LogP contribution < -0.4 is 15.2 Å². The summed E-state index contributed by atoms with van der Waals surface area (Å²) in [6.07, 6.45) is -0.901. The van der Waals surface area contributed by atoms with Crippen molar-refractivity contribution in [2.75, 3.05) is 0 Å². The first kappa shape index (κ1) is 36.7. The Morgan fingerprint density at radius 1 is 0.762 bits per heavy atom. The fourth-order valence-electron chi connectivity index (χ4n) is 3.81. The SMILES string of the molecule is CCCC(C)OC(=O)Oc1ccc(C[C@H](N)C(=O)O[C@@H](C)[C@H](C)OC(=O)CC(C)(C)C)cc1OC(=O)OC(C)CCC. The molecule has 11 heteroatoms. The standard InChI is InChI=1S/C31H49NO10/c1-10-12-19(3)37-29(35)41-25-15-14-23(17-26(25)42-30(36)38-20(4)13-11-2)16-24(32)28(34)40-22(6)21(5)39-27(33)18-31(7,8)9/h14-15,17,19-22,24H,10-13,16,18,32H2,1-9H3/t19?,20?,21-,22-,24-/m0/s1. The van der Waals surface area contributed by atoms with Gasteiger partial charge in [0.25, 0.3) is 0 Å². The van der Waals surface area contributed by atoms with Gasteiger partial charge in [0.1, 0.15) is 30.5 Å². The zero-order valence-electron chi connectivity index (χ0n) is 26.5. The van der Waals surface area contributed by atoms with Crippen LogP contribution in [-0.4, -0.2) is 54.7 Å². The van der Waals surface area contributed by atoms with Crippen LogP contribution in [0.3, 0.4) is 0 Å². The second kappa shape index (κ2) is 17.6. The third-order valence-electron chi connectivity index (χ3n) is 6.09. The number of carbonyl (C=O) groups excluding carboxylic acids is 4. The number of rotatable bonds is 15. The molecule has 0 saturated carbocycles. The summed E-state index contributed by atoms with van der Waals surface area (Å²) < 4.78 is 32.0. The maximum atomic E-state index is 12.7. The van der Waals surface area contributed by atoms with Gasteiger partial charge in [0, 0.05) is 0 Å². The van der Waals surface area contributed by atoms with Crippen LogP contribution >= 0.6 is 0 Å². The van der Waals surface area contributed by atoms with Crippen LogP contribution in [0.4, 0.5) is 9.59 Å². The number of hydrogen-bond donors (Lipinski definition) is 1. The Labute approximate surface area is 249 Å². The number of benzene rings is 1. The van der Waals surface area contributed by atoms with Gasteiger partial charge in [-0.2, -0.15) is 0 Å². The Kier molecular flexibility index (Phi) is 15.4. The summed E-state index contributed by atoms with van der Waals surface area (Å²) in [7, 11) is 0. The third-order valence-corrected chi connectivity index (χ3v) is 6.09. The predicted octanol–water partition coefficient (Wildman–Crippen LogP) is 6.26. The van der Waals surface area contributed by atoms with Crippen molar-refractivity contribution in [3.63, 3.8) is 0 Å². The highest BCUT2D eigenvalue weighted by atomic mass is 16.7. The lowest BCUT2D eigenvalue weighted by atomic mass is 9.92. The van der Waals surface area contributed by atoms with Crippen molar-refractivity contribution in [3.8, 4) is 11.5 Å². The molecule has 0 saturated heterocycles. The van der Waals surface area contributed by atoms with Crippen molar-refractivity contribution < 1.29 is 47.6 Å². The van der Waals surface area contributed by atoms with Crippen LogP contribution in [0.25, 0.3) is 0 Å². The number of esters is 2. The highest BCUT2D eigenvalue weighted by Gasteiger charge is 2.27. The van der Waals surface area contributed by atoms with Gasteiger partial charge >= 0.3 is 24.2 Å². The Bertz CT molecular complexity index is 1040. The summed E-state index contributed by atoms with van der Waals surface area (Å²) in [5.41, 5.74) is 6.38. The van der Waals surface area contributed by atoms with Crippen molar-refractivity contribution >= 4 is 24.2 Å². The van der Waals surface area contributed by atoms with E-state index < -0.39 is 36.5 Å². The molecule has 0 aliphatic heterocycles. The first-order valence-electron chi connectivity index (χ1n) is 14.6. The zero-order chi connectivity index (χ0) is 32.0. The van der Waals surface area contributed by atoms with Gasteiger partial charge in [-0.1, -0.05) is 53.5 Å². The Balaban J connectivity index is 2.97. The number of ether oxygens (including phenoxy) is 6. The first-order chi connectivity index (χ1) is 19.5. The van der Waals surface area contributed by atoms with Crippen molar-refractivity contribution in [3.05, 3.63) is 23.8 Å². The molecule has 1 aromatic rings. The van der Waals surface area contributed by atoms with E-state index in [0.717, 1.165) is 12.8 Å². The highest BCUT2D eigenvalue weighted by molar-refractivity contribution is 5.76. The molecule has 42 heavy (non-hydrogen) atoms. The largest absolute Gasteiger partial charge is 0.514 e. The van der Waals surface area contributed by atoms with E-state index in [9.17, 15) is 19.2 Å². The molecular formula is C31H49NO10. The molecule has 11 nitrogen and oxygen atoms in total. The summed E-state index contributed by atoms with van der Waals surface area (Å²) in [5.74, 6) is -1.26. The Morgan fingerprint density at radius 3 is 1.76 bits per heavy atom. The number of nitrogens with two attached hydrogens (primary N) is 1. The van der Waals surface area contributed by atoms with Crippen LogP contribution in [0.1, 0.15) is 100.0 Å². The molecule has 0 spiro atoms. The quantitative estimate of drug-likeness (QED) is 0.139. The molecule has 0 heterocycles. The fourth-order valence-corrected chi connectivity index (χ4v) is 3.81. The number of carbonyl (C=O) groups is 4. The smallest absolute Gasteiger partial charge is 0.459 e.